The van der Waals surface area contributed by atoms with E-state index in [-0.39, 0.29) is 6.10 Å². The van der Waals surface area contributed by atoms with E-state index in [0.29, 0.717) is 17.5 Å². The van der Waals surface area contributed by atoms with E-state index in [0.717, 1.165) is 32.0 Å². The first-order valence-corrected chi connectivity index (χ1v) is 7.91. The Morgan fingerprint density at radius 3 is 2.37 bits per heavy atom. The van der Waals surface area contributed by atoms with Crippen molar-refractivity contribution in [2.75, 3.05) is 26.7 Å². The fraction of sp³-hybridized carbons (Fsp3) is 1.00. The highest BCUT2D eigenvalue weighted by Gasteiger charge is 2.40. The second-order valence-corrected chi connectivity index (χ2v) is 7.86. The van der Waals surface area contributed by atoms with Gasteiger partial charge in [0.25, 0.3) is 0 Å². The number of hydrogen-bond donors (Lipinski definition) is 1. The summed E-state index contributed by atoms with van der Waals surface area (Å²) in [7, 11) is 2.20. The largest absolute Gasteiger partial charge is 0.391 e. The van der Waals surface area contributed by atoms with Crippen LogP contribution in [-0.4, -0.2) is 59.8 Å². The maximum Gasteiger partial charge on any atom is 0.0695 e. The zero-order valence-electron chi connectivity index (χ0n) is 13.4. The number of nitrogens with zero attached hydrogens (tertiary/aromatic N) is 2. The van der Waals surface area contributed by atoms with Gasteiger partial charge in [-0.25, -0.2) is 0 Å². The monoisotopic (exact) mass is 268 g/mol. The van der Waals surface area contributed by atoms with Crippen molar-refractivity contribution in [3.05, 3.63) is 0 Å². The second-order valence-electron chi connectivity index (χ2n) is 7.86. The number of rotatable bonds is 1. The van der Waals surface area contributed by atoms with Crippen molar-refractivity contribution in [2.24, 2.45) is 11.3 Å². The van der Waals surface area contributed by atoms with Crippen LogP contribution in [0.1, 0.15) is 47.0 Å². The van der Waals surface area contributed by atoms with Crippen LogP contribution in [0, 0.1) is 11.3 Å². The lowest BCUT2D eigenvalue weighted by Crippen LogP contribution is -2.59. The fourth-order valence-corrected chi connectivity index (χ4v) is 3.92. The summed E-state index contributed by atoms with van der Waals surface area (Å²) in [6.45, 7) is 12.7. The molecule has 0 aromatic rings. The van der Waals surface area contributed by atoms with Crippen LogP contribution >= 0.6 is 0 Å². The second kappa shape index (κ2) is 5.71. The SMILES string of the molecule is CC1CN(C)CCN1C1CC(C(C)(C)C)CCC1O. The molecule has 4 atom stereocenters. The normalized spacial score (nSPS) is 39.5. The van der Waals surface area contributed by atoms with Crippen molar-refractivity contribution in [3.63, 3.8) is 0 Å². The van der Waals surface area contributed by atoms with Crippen LogP contribution in [0.5, 0.6) is 0 Å². The first-order chi connectivity index (χ1) is 8.79. The Bertz CT molecular complexity index is 300. The zero-order chi connectivity index (χ0) is 14.2. The number of likely N-dealkylation sites (N-methyl/N-ethyl adjacent to an activating group) is 1. The molecule has 3 heteroatoms. The average molecular weight is 268 g/mol. The number of hydrogen-bond acceptors (Lipinski definition) is 3. The topological polar surface area (TPSA) is 26.7 Å². The van der Waals surface area contributed by atoms with Gasteiger partial charge in [0.2, 0.25) is 0 Å². The molecule has 19 heavy (non-hydrogen) atoms. The number of aliphatic hydroxyl groups excluding tert-OH is 1. The minimum atomic E-state index is -0.121. The molecule has 1 heterocycles. The van der Waals surface area contributed by atoms with Crippen LogP contribution in [0.15, 0.2) is 0 Å². The lowest BCUT2D eigenvalue weighted by atomic mass is 9.69. The molecule has 1 saturated carbocycles. The Morgan fingerprint density at radius 2 is 1.79 bits per heavy atom. The van der Waals surface area contributed by atoms with E-state index in [1.165, 1.54) is 12.8 Å². The Morgan fingerprint density at radius 1 is 1.11 bits per heavy atom. The van der Waals surface area contributed by atoms with Gasteiger partial charge in [0.1, 0.15) is 0 Å². The van der Waals surface area contributed by atoms with E-state index >= 15 is 0 Å². The predicted molar refractivity (Wildman–Crippen MR) is 80.3 cm³/mol. The minimum absolute atomic E-state index is 0.121. The van der Waals surface area contributed by atoms with Crippen LogP contribution in [0.4, 0.5) is 0 Å². The minimum Gasteiger partial charge on any atom is -0.391 e. The molecule has 0 aromatic carbocycles. The highest BCUT2D eigenvalue weighted by molar-refractivity contribution is 4.94. The van der Waals surface area contributed by atoms with Gasteiger partial charge in [0.15, 0.2) is 0 Å². The van der Waals surface area contributed by atoms with Crippen molar-refractivity contribution < 1.29 is 5.11 Å². The quantitative estimate of drug-likeness (QED) is 0.790. The standard InChI is InChI=1S/C16H32N2O/c1-12-11-17(5)8-9-18(12)14-10-13(16(2,3)4)6-7-15(14)19/h12-15,19H,6-11H2,1-5H3. The molecular weight excluding hydrogens is 236 g/mol. The molecule has 4 unspecified atom stereocenters. The van der Waals surface area contributed by atoms with Crippen LogP contribution < -0.4 is 0 Å². The van der Waals surface area contributed by atoms with Crippen molar-refractivity contribution in [3.8, 4) is 0 Å². The van der Waals surface area contributed by atoms with E-state index in [9.17, 15) is 5.11 Å². The van der Waals surface area contributed by atoms with Gasteiger partial charge in [-0.15, -0.1) is 0 Å². The molecule has 0 radical (unpaired) electrons. The van der Waals surface area contributed by atoms with Gasteiger partial charge in [-0.05, 0) is 44.6 Å². The van der Waals surface area contributed by atoms with Crippen LogP contribution in [0.25, 0.3) is 0 Å². The molecule has 3 nitrogen and oxygen atoms in total. The van der Waals surface area contributed by atoms with Gasteiger partial charge >= 0.3 is 0 Å². The summed E-state index contributed by atoms with van der Waals surface area (Å²) in [5, 5.41) is 10.4. The smallest absolute Gasteiger partial charge is 0.0695 e. The fourth-order valence-electron chi connectivity index (χ4n) is 3.92. The third-order valence-corrected chi connectivity index (χ3v) is 5.31. The van der Waals surface area contributed by atoms with Crippen LogP contribution in [0.2, 0.25) is 0 Å². The first kappa shape index (κ1) is 15.3. The van der Waals surface area contributed by atoms with E-state index < -0.39 is 0 Å². The summed E-state index contributed by atoms with van der Waals surface area (Å²) < 4.78 is 0. The average Bonchev–Trinajstić information content (AvgIpc) is 2.29. The Hall–Kier alpha value is -0.120. The molecule has 112 valence electrons. The van der Waals surface area contributed by atoms with Crippen LogP contribution in [0.3, 0.4) is 0 Å². The van der Waals surface area contributed by atoms with E-state index in [2.05, 4.69) is 44.5 Å². The van der Waals surface area contributed by atoms with Crippen molar-refractivity contribution >= 4 is 0 Å². The van der Waals surface area contributed by atoms with E-state index in [1.54, 1.807) is 0 Å². The van der Waals surface area contributed by atoms with Gasteiger partial charge < -0.3 is 10.0 Å². The highest BCUT2D eigenvalue weighted by Crippen LogP contribution is 2.40. The van der Waals surface area contributed by atoms with Gasteiger partial charge in [-0.3, -0.25) is 4.90 Å². The van der Waals surface area contributed by atoms with E-state index in [4.69, 9.17) is 0 Å². The number of piperazine rings is 1. The summed E-state index contributed by atoms with van der Waals surface area (Å²) in [4.78, 5) is 4.97. The molecule has 1 aliphatic carbocycles. The molecule has 0 aromatic heterocycles. The van der Waals surface area contributed by atoms with Gasteiger partial charge in [-0.1, -0.05) is 20.8 Å². The van der Waals surface area contributed by atoms with Crippen molar-refractivity contribution in [2.45, 2.75) is 65.1 Å². The van der Waals surface area contributed by atoms with Gasteiger partial charge in [0.05, 0.1) is 6.10 Å². The lowest BCUT2D eigenvalue weighted by molar-refractivity contribution is -0.0497. The summed E-state index contributed by atoms with van der Waals surface area (Å²) >= 11 is 0. The van der Waals surface area contributed by atoms with E-state index in [1.807, 2.05) is 0 Å². The maximum absolute atomic E-state index is 10.4. The van der Waals surface area contributed by atoms with Crippen molar-refractivity contribution in [1.29, 1.82) is 0 Å². The van der Waals surface area contributed by atoms with Gasteiger partial charge in [0, 0.05) is 31.7 Å². The van der Waals surface area contributed by atoms with Crippen molar-refractivity contribution in [1.82, 2.24) is 9.80 Å². The zero-order valence-corrected chi connectivity index (χ0v) is 13.4. The Balaban J connectivity index is 2.04. The summed E-state index contributed by atoms with van der Waals surface area (Å²) in [5.74, 6) is 0.743. The third kappa shape index (κ3) is 3.50. The molecule has 1 N–H and O–H groups in total. The third-order valence-electron chi connectivity index (χ3n) is 5.31. The molecule has 0 spiro atoms. The first-order valence-electron chi connectivity index (χ1n) is 7.91. The molecule has 2 rings (SSSR count). The summed E-state index contributed by atoms with van der Waals surface area (Å²) in [6, 6.07) is 0.943. The molecule has 1 aliphatic heterocycles. The predicted octanol–water partition coefficient (Wildman–Crippen LogP) is 2.20. The summed E-state index contributed by atoms with van der Waals surface area (Å²) in [6.07, 6.45) is 3.21. The molecular formula is C16H32N2O. The Labute approximate surface area is 119 Å². The molecule has 2 fully saturated rings. The highest BCUT2D eigenvalue weighted by atomic mass is 16.3. The van der Waals surface area contributed by atoms with Crippen LogP contribution in [-0.2, 0) is 0 Å². The molecule has 0 amide bonds. The summed E-state index contributed by atoms with van der Waals surface area (Å²) in [5.41, 5.74) is 0.369. The molecule has 1 saturated heterocycles. The maximum atomic E-state index is 10.4. The molecule has 0 bridgehead atoms. The molecule has 2 aliphatic rings. The lowest BCUT2D eigenvalue weighted by Gasteiger charge is -2.49. The Kier molecular flexibility index (Phi) is 4.59. The van der Waals surface area contributed by atoms with Gasteiger partial charge in [-0.2, -0.15) is 0 Å². The number of aliphatic hydroxyl groups is 1.